The summed E-state index contributed by atoms with van der Waals surface area (Å²) in [6.45, 7) is 6.40. The quantitative estimate of drug-likeness (QED) is 0.736. The molecule has 21 heavy (non-hydrogen) atoms. The Bertz CT molecular complexity index is 386. The third-order valence-electron chi connectivity index (χ3n) is 4.49. The monoisotopic (exact) mass is 295 g/mol. The van der Waals surface area contributed by atoms with Crippen molar-refractivity contribution in [2.45, 2.75) is 83.8 Å². The molecular weight excluding hydrogens is 266 g/mol. The Kier molecular flexibility index (Phi) is 5.28. The zero-order chi connectivity index (χ0) is 15.5. The fourth-order valence-corrected chi connectivity index (χ4v) is 3.52. The normalized spacial score (nSPS) is 28.1. The molecule has 2 aliphatic rings. The molecule has 0 unspecified atom stereocenters. The van der Waals surface area contributed by atoms with Gasteiger partial charge in [-0.1, -0.05) is 19.3 Å². The van der Waals surface area contributed by atoms with Crippen LogP contribution in [0.15, 0.2) is 0 Å². The summed E-state index contributed by atoms with van der Waals surface area (Å²) in [6.07, 6.45) is 7.68. The van der Waals surface area contributed by atoms with Gasteiger partial charge in [0, 0.05) is 24.9 Å². The van der Waals surface area contributed by atoms with Gasteiger partial charge in [-0.2, -0.15) is 0 Å². The summed E-state index contributed by atoms with van der Waals surface area (Å²) < 4.78 is 5.56. The standard InChI is InChI=1S/C17H29NO3/c1-17(2,3)21-16(20)18-12-8-4-5-10-14(18)13-9-6-7-11-15(13)19/h13-14H,4-12H2,1-3H3/t13-,14-/m1/s1. The van der Waals surface area contributed by atoms with E-state index in [-0.39, 0.29) is 18.1 Å². The number of rotatable bonds is 1. The van der Waals surface area contributed by atoms with E-state index in [2.05, 4.69) is 0 Å². The Morgan fingerprint density at radius 2 is 1.81 bits per heavy atom. The van der Waals surface area contributed by atoms with E-state index in [0.717, 1.165) is 51.5 Å². The maximum absolute atomic E-state index is 12.5. The van der Waals surface area contributed by atoms with Gasteiger partial charge in [-0.25, -0.2) is 4.79 Å². The summed E-state index contributed by atoms with van der Waals surface area (Å²) >= 11 is 0. The van der Waals surface area contributed by atoms with Crippen LogP contribution in [0.4, 0.5) is 4.79 Å². The van der Waals surface area contributed by atoms with Crippen LogP contribution in [0.2, 0.25) is 0 Å². The lowest BCUT2D eigenvalue weighted by Gasteiger charge is -2.37. The molecule has 2 atom stereocenters. The van der Waals surface area contributed by atoms with E-state index >= 15 is 0 Å². The van der Waals surface area contributed by atoms with Crippen LogP contribution in [0.3, 0.4) is 0 Å². The third kappa shape index (κ3) is 4.45. The first-order chi connectivity index (χ1) is 9.88. The van der Waals surface area contributed by atoms with Gasteiger partial charge in [0.25, 0.3) is 0 Å². The first-order valence-corrected chi connectivity index (χ1v) is 8.41. The number of Topliss-reactive ketones (excluding diaryl/α,β-unsaturated/α-hetero) is 1. The van der Waals surface area contributed by atoms with Crippen molar-refractivity contribution in [1.29, 1.82) is 0 Å². The van der Waals surface area contributed by atoms with E-state index in [1.54, 1.807) is 0 Å². The molecule has 1 saturated heterocycles. The highest BCUT2D eigenvalue weighted by Crippen LogP contribution is 2.32. The van der Waals surface area contributed by atoms with Crippen molar-refractivity contribution in [3.63, 3.8) is 0 Å². The number of ether oxygens (including phenoxy) is 1. The Labute approximate surface area is 128 Å². The largest absolute Gasteiger partial charge is 0.444 e. The maximum atomic E-state index is 12.5. The number of ketones is 1. The molecule has 0 radical (unpaired) electrons. The van der Waals surface area contributed by atoms with Crippen LogP contribution in [-0.4, -0.2) is 35.0 Å². The molecule has 0 aromatic rings. The van der Waals surface area contributed by atoms with Crippen molar-refractivity contribution in [2.75, 3.05) is 6.54 Å². The Morgan fingerprint density at radius 3 is 2.48 bits per heavy atom. The van der Waals surface area contributed by atoms with Gasteiger partial charge in [-0.3, -0.25) is 4.79 Å². The minimum Gasteiger partial charge on any atom is -0.444 e. The summed E-state index contributed by atoms with van der Waals surface area (Å²) in [5.74, 6) is 0.381. The fourth-order valence-electron chi connectivity index (χ4n) is 3.52. The van der Waals surface area contributed by atoms with Crippen molar-refractivity contribution < 1.29 is 14.3 Å². The Morgan fingerprint density at radius 1 is 1.10 bits per heavy atom. The van der Waals surface area contributed by atoms with Gasteiger partial charge in [0.1, 0.15) is 11.4 Å². The van der Waals surface area contributed by atoms with E-state index in [1.165, 1.54) is 0 Å². The average Bonchev–Trinajstić information content (AvgIpc) is 2.63. The third-order valence-corrected chi connectivity index (χ3v) is 4.49. The predicted molar refractivity (Wildman–Crippen MR) is 82.2 cm³/mol. The van der Waals surface area contributed by atoms with Crippen LogP contribution < -0.4 is 0 Å². The highest BCUT2D eigenvalue weighted by Gasteiger charge is 2.38. The first-order valence-electron chi connectivity index (χ1n) is 8.41. The van der Waals surface area contributed by atoms with Crippen LogP contribution in [0.1, 0.15) is 72.1 Å². The molecule has 0 N–H and O–H groups in total. The highest BCUT2D eigenvalue weighted by atomic mass is 16.6. The van der Waals surface area contributed by atoms with Crippen LogP contribution in [0.5, 0.6) is 0 Å². The van der Waals surface area contributed by atoms with Crippen molar-refractivity contribution in [2.24, 2.45) is 5.92 Å². The molecule has 2 rings (SSSR count). The Hall–Kier alpha value is -1.06. The molecule has 0 aromatic heterocycles. The van der Waals surface area contributed by atoms with E-state index in [0.29, 0.717) is 12.2 Å². The van der Waals surface area contributed by atoms with Gasteiger partial charge >= 0.3 is 6.09 Å². The molecule has 1 amide bonds. The fraction of sp³-hybridized carbons (Fsp3) is 0.882. The van der Waals surface area contributed by atoms with Crippen molar-refractivity contribution in [3.05, 3.63) is 0 Å². The lowest BCUT2D eigenvalue weighted by molar-refractivity contribution is -0.127. The minimum absolute atomic E-state index is 0.0318. The van der Waals surface area contributed by atoms with Gasteiger partial charge in [0.05, 0.1) is 0 Å². The summed E-state index contributed by atoms with van der Waals surface area (Å²) in [5, 5.41) is 0. The molecular formula is C17H29NO3. The zero-order valence-corrected chi connectivity index (χ0v) is 13.7. The predicted octanol–water partition coefficient (Wildman–Crippen LogP) is 3.93. The number of carbonyl (C=O) groups excluding carboxylic acids is 2. The zero-order valence-electron chi connectivity index (χ0n) is 13.7. The van der Waals surface area contributed by atoms with E-state index in [1.807, 2.05) is 25.7 Å². The average molecular weight is 295 g/mol. The maximum Gasteiger partial charge on any atom is 0.410 e. The molecule has 2 fully saturated rings. The summed E-state index contributed by atoms with van der Waals surface area (Å²) in [5.41, 5.74) is -0.482. The van der Waals surface area contributed by atoms with Gasteiger partial charge in [-0.15, -0.1) is 0 Å². The van der Waals surface area contributed by atoms with Gasteiger partial charge < -0.3 is 9.64 Å². The molecule has 1 heterocycles. The SMILES string of the molecule is CC(C)(C)OC(=O)N1CCCCC[C@@H]1[C@H]1CCCCC1=O. The first kappa shape index (κ1) is 16.3. The minimum atomic E-state index is -0.482. The van der Waals surface area contributed by atoms with Crippen LogP contribution in [-0.2, 0) is 9.53 Å². The van der Waals surface area contributed by atoms with Gasteiger partial charge in [-0.05, 0) is 46.5 Å². The lowest BCUT2D eigenvalue weighted by Crippen LogP contribution is -2.49. The second kappa shape index (κ2) is 6.80. The van der Waals surface area contributed by atoms with Crippen LogP contribution >= 0.6 is 0 Å². The van der Waals surface area contributed by atoms with E-state index in [9.17, 15) is 9.59 Å². The summed E-state index contributed by atoms with van der Waals surface area (Å²) in [6, 6.07) is 0.0511. The molecule has 0 bridgehead atoms. The topological polar surface area (TPSA) is 46.6 Å². The summed E-state index contributed by atoms with van der Waals surface area (Å²) in [4.78, 5) is 26.7. The van der Waals surface area contributed by atoms with E-state index < -0.39 is 5.60 Å². The number of amides is 1. The molecule has 0 spiro atoms. The number of hydrogen-bond donors (Lipinski definition) is 0. The number of hydrogen-bond acceptors (Lipinski definition) is 3. The molecule has 4 heteroatoms. The van der Waals surface area contributed by atoms with Crippen LogP contribution in [0.25, 0.3) is 0 Å². The Balaban J connectivity index is 2.13. The molecule has 1 aliphatic heterocycles. The van der Waals surface area contributed by atoms with Gasteiger partial charge in [0.15, 0.2) is 0 Å². The molecule has 120 valence electrons. The molecule has 1 saturated carbocycles. The van der Waals surface area contributed by atoms with E-state index in [4.69, 9.17) is 4.74 Å². The number of likely N-dealkylation sites (tertiary alicyclic amines) is 1. The molecule has 4 nitrogen and oxygen atoms in total. The smallest absolute Gasteiger partial charge is 0.410 e. The number of carbonyl (C=O) groups is 2. The lowest BCUT2D eigenvalue weighted by atomic mass is 9.80. The second-order valence-corrected chi connectivity index (χ2v) is 7.41. The molecule has 0 aromatic carbocycles. The van der Waals surface area contributed by atoms with Crippen molar-refractivity contribution >= 4 is 11.9 Å². The van der Waals surface area contributed by atoms with Crippen LogP contribution in [0, 0.1) is 5.92 Å². The van der Waals surface area contributed by atoms with Crippen molar-refractivity contribution in [1.82, 2.24) is 4.90 Å². The van der Waals surface area contributed by atoms with Crippen molar-refractivity contribution in [3.8, 4) is 0 Å². The molecule has 1 aliphatic carbocycles. The second-order valence-electron chi connectivity index (χ2n) is 7.41. The summed E-state index contributed by atoms with van der Waals surface area (Å²) in [7, 11) is 0. The highest BCUT2D eigenvalue weighted by molar-refractivity contribution is 5.83. The van der Waals surface area contributed by atoms with Gasteiger partial charge in [0.2, 0.25) is 0 Å². The number of nitrogens with zero attached hydrogens (tertiary/aromatic N) is 1.